The Morgan fingerprint density at radius 2 is 1.93 bits per heavy atom. The van der Waals surface area contributed by atoms with Crippen molar-refractivity contribution in [1.29, 1.82) is 0 Å². The van der Waals surface area contributed by atoms with Crippen LogP contribution in [0.2, 0.25) is 0 Å². The molecule has 1 aliphatic heterocycles. The summed E-state index contributed by atoms with van der Waals surface area (Å²) in [7, 11) is 5.87. The first-order chi connectivity index (χ1) is 12.6. The first-order valence-corrected chi connectivity index (χ1v) is 10.7. The summed E-state index contributed by atoms with van der Waals surface area (Å²) in [5, 5.41) is -0.107. The van der Waals surface area contributed by atoms with Crippen LogP contribution >= 0.6 is 11.3 Å². The van der Waals surface area contributed by atoms with Crippen LogP contribution < -0.4 is 0 Å². The van der Waals surface area contributed by atoms with Crippen molar-refractivity contribution in [2.24, 2.45) is 5.41 Å². The molecular weight excluding hydrogens is 363 g/mol. The maximum Gasteiger partial charge on any atom is 0.225 e. The quantitative estimate of drug-likeness (QED) is 0.746. The minimum Gasteiger partial charge on any atom is -0.378 e. The van der Waals surface area contributed by atoms with Gasteiger partial charge >= 0.3 is 0 Å². The van der Waals surface area contributed by atoms with Crippen LogP contribution in [-0.2, 0) is 15.1 Å². The highest BCUT2D eigenvalue weighted by Gasteiger charge is 2.49. The summed E-state index contributed by atoms with van der Waals surface area (Å²) in [6, 6.07) is 3.54. The number of thiophene rings is 1. The fourth-order valence-corrected chi connectivity index (χ4v) is 5.84. The Balaban J connectivity index is 1.67. The third-order valence-electron chi connectivity index (χ3n) is 6.95. The molecule has 0 radical (unpaired) electrons. The summed E-state index contributed by atoms with van der Waals surface area (Å²) in [6.45, 7) is 5.63. The van der Waals surface area contributed by atoms with Crippen molar-refractivity contribution in [2.45, 2.75) is 63.5 Å². The largest absolute Gasteiger partial charge is 0.378 e. The highest BCUT2D eigenvalue weighted by molar-refractivity contribution is 7.10. The summed E-state index contributed by atoms with van der Waals surface area (Å²) in [5.41, 5.74) is -0.263. The zero-order valence-electron chi connectivity index (χ0n) is 17.3. The molecule has 0 aromatic carbocycles. The molecule has 2 aliphatic rings. The molecule has 1 saturated carbocycles. The molecule has 1 aromatic rings. The maximum absolute atomic E-state index is 13.7. The molecular formula is C21H33FN2O2S. The second-order valence-electron chi connectivity index (χ2n) is 9.24. The zero-order chi connectivity index (χ0) is 19.9. The van der Waals surface area contributed by atoms with Crippen LogP contribution in [0.5, 0.6) is 0 Å². The van der Waals surface area contributed by atoms with Gasteiger partial charge in [0.25, 0.3) is 0 Å². The lowest BCUT2D eigenvalue weighted by Gasteiger charge is -2.48. The molecule has 0 bridgehead atoms. The number of likely N-dealkylation sites (tertiary alicyclic amines) is 1. The van der Waals surface area contributed by atoms with Gasteiger partial charge in [-0.1, -0.05) is 0 Å². The first kappa shape index (κ1) is 20.7. The minimum absolute atomic E-state index is 0.0737. The van der Waals surface area contributed by atoms with Gasteiger partial charge < -0.3 is 9.64 Å². The van der Waals surface area contributed by atoms with E-state index in [0.717, 1.165) is 50.1 Å². The highest BCUT2D eigenvalue weighted by Crippen LogP contribution is 2.52. The van der Waals surface area contributed by atoms with Gasteiger partial charge in [0, 0.05) is 25.1 Å². The van der Waals surface area contributed by atoms with Crippen molar-refractivity contribution < 1.29 is 13.9 Å². The molecule has 4 nitrogen and oxygen atoms in total. The van der Waals surface area contributed by atoms with Crippen molar-refractivity contribution in [3.05, 3.63) is 22.1 Å². The van der Waals surface area contributed by atoms with Crippen molar-refractivity contribution in [3.8, 4) is 0 Å². The normalized spacial score (nSPS) is 29.1. The number of rotatable bonds is 5. The molecule has 3 rings (SSSR count). The molecule has 2 heterocycles. The fourth-order valence-electron chi connectivity index (χ4n) is 4.78. The SMILES string of the molecule is COC(C)(C)CC(=O)N1CCC2(CCC(c3ccc(F)s3)(N(C)C)CC2)C1. The lowest BCUT2D eigenvalue weighted by atomic mass is 9.66. The Kier molecular flexibility index (Phi) is 5.72. The van der Waals surface area contributed by atoms with Gasteiger partial charge in [-0.15, -0.1) is 11.3 Å². The molecule has 1 saturated heterocycles. The van der Waals surface area contributed by atoms with E-state index in [0.29, 0.717) is 6.42 Å². The fraction of sp³-hybridized carbons (Fsp3) is 0.762. The monoisotopic (exact) mass is 396 g/mol. The van der Waals surface area contributed by atoms with Gasteiger partial charge in [-0.2, -0.15) is 4.39 Å². The molecule has 2 fully saturated rings. The summed E-state index contributed by atoms with van der Waals surface area (Å²) in [4.78, 5) is 18.1. The maximum atomic E-state index is 13.7. The number of nitrogens with zero attached hydrogens (tertiary/aromatic N) is 2. The molecule has 152 valence electrons. The minimum atomic E-state index is -0.414. The summed E-state index contributed by atoms with van der Waals surface area (Å²) in [6.07, 6.45) is 5.71. The highest BCUT2D eigenvalue weighted by atomic mass is 32.1. The van der Waals surface area contributed by atoms with Gasteiger partial charge in [0.05, 0.1) is 17.6 Å². The van der Waals surface area contributed by atoms with Gasteiger partial charge in [-0.05, 0) is 77.6 Å². The third-order valence-corrected chi connectivity index (χ3v) is 8.01. The number of ether oxygens (including phenoxy) is 1. The molecule has 0 atom stereocenters. The Hall–Kier alpha value is -0.980. The van der Waals surface area contributed by atoms with Crippen LogP contribution in [0.15, 0.2) is 12.1 Å². The zero-order valence-corrected chi connectivity index (χ0v) is 18.1. The summed E-state index contributed by atoms with van der Waals surface area (Å²) in [5.74, 6) is 0.198. The molecule has 1 aliphatic carbocycles. The van der Waals surface area contributed by atoms with E-state index >= 15 is 0 Å². The molecule has 6 heteroatoms. The molecule has 0 N–H and O–H groups in total. The predicted octanol–water partition coefficient (Wildman–Crippen LogP) is 4.25. The van der Waals surface area contributed by atoms with E-state index in [2.05, 4.69) is 19.0 Å². The van der Waals surface area contributed by atoms with Gasteiger partial charge in [-0.25, -0.2) is 0 Å². The second-order valence-corrected chi connectivity index (χ2v) is 10.3. The Labute approximate surface area is 166 Å². The van der Waals surface area contributed by atoms with E-state index in [1.165, 1.54) is 11.3 Å². The average Bonchev–Trinajstić information content (AvgIpc) is 3.23. The van der Waals surface area contributed by atoms with Crippen LogP contribution in [-0.4, -0.2) is 55.6 Å². The molecule has 27 heavy (non-hydrogen) atoms. The van der Waals surface area contributed by atoms with E-state index in [4.69, 9.17) is 4.74 Å². The van der Waals surface area contributed by atoms with Crippen LogP contribution in [0.4, 0.5) is 4.39 Å². The van der Waals surface area contributed by atoms with E-state index in [1.54, 1.807) is 13.2 Å². The lowest BCUT2D eigenvalue weighted by Crippen LogP contribution is -2.47. The van der Waals surface area contributed by atoms with Crippen molar-refractivity contribution >= 4 is 17.2 Å². The Morgan fingerprint density at radius 1 is 1.26 bits per heavy atom. The number of methoxy groups -OCH3 is 1. The van der Waals surface area contributed by atoms with E-state index in [9.17, 15) is 9.18 Å². The topological polar surface area (TPSA) is 32.8 Å². The third kappa shape index (κ3) is 4.08. The van der Waals surface area contributed by atoms with Gasteiger partial charge in [0.1, 0.15) is 0 Å². The number of carbonyl (C=O) groups is 1. The van der Waals surface area contributed by atoms with Gasteiger partial charge in [0.2, 0.25) is 5.91 Å². The number of amides is 1. The molecule has 1 amide bonds. The number of hydrogen-bond acceptors (Lipinski definition) is 4. The van der Waals surface area contributed by atoms with Crippen LogP contribution in [0.25, 0.3) is 0 Å². The lowest BCUT2D eigenvalue weighted by molar-refractivity contribution is -0.136. The van der Waals surface area contributed by atoms with Gasteiger partial charge in [-0.3, -0.25) is 9.69 Å². The van der Waals surface area contributed by atoms with Crippen molar-refractivity contribution in [1.82, 2.24) is 9.80 Å². The standard InChI is InChI=1S/C21H33FN2O2S/c1-19(2,26-5)14-18(25)24-13-12-20(15-24)8-10-21(11-9-20,23(3)4)16-6-7-17(22)27-16/h6-7H,8-15H2,1-5H3. The molecule has 1 spiro atoms. The number of hydrogen-bond donors (Lipinski definition) is 0. The number of carbonyl (C=O) groups excluding carboxylic acids is 1. The van der Waals surface area contributed by atoms with Crippen LogP contribution in [0.1, 0.15) is 57.2 Å². The predicted molar refractivity (Wildman–Crippen MR) is 107 cm³/mol. The smallest absolute Gasteiger partial charge is 0.225 e. The average molecular weight is 397 g/mol. The Morgan fingerprint density at radius 3 is 2.44 bits per heavy atom. The van der Waals surface area contributed by atoms with E-state index in [1.807, 2.05) is 24.8 Å². The number of halogens is 1. The Bertz CT molecular complexity index is 677. The summed E-state index contributed by atoms with van der Waals surface area (Å²) < 4.78 is 19.1. The molecule has 0 unspecified atom stereocenters. The van der Waals surface area contributed by atoms with Crippen LogP contribution in [0.3, 0.4) is 0 Å². The second kappa shape index (κ2) is 7.45. The first-order valence-electron chi connectivity index (χ1n) is 9.88. The van der Waals surface area contributed by atoms with Crippen molar-refractivity contribution in [3.63, 3.8) is 0 Å². The van der Waals surface area contributed by atoms with Crippen LogP contribution in [0, 0.1) is 10.5 Å². The van der Waals surface area contributed by atoms with Crippen molar-refractivity contribution in [2.75, 3.05) is 34.3 Å². The van der Waals surface area contributed by atoms with Gasteiger partial charge in [0.15, 0.2) is 5.13 Å². The van der Waals surface area contributed by atoms with E-state index in [-0.39, 0.29) is 22.0 Å². The molecule has 1 aromatic heterocycles. The van der Waals surface area contributed by atoms with E-state index < -0.39 is 5.60 Å². The summed E-state index contributed by atoms with van der Waals surface area (Å²) >= 11 is 1.28.